The zero-order valence-electron chi connectivity index (χ0n) is 10.2. The minimum atomic E-state index is -0.493. The molecule has 0 aliphatic carbocycles. The maximum absolute atomic E-state index is 13.1. The van der Waals surface area contributed by atoms with Gasteiger partial charge in [0.05, 0.1) is 12.1 Å². The fourth-order valence-corrected chi connectivity index (χ4v) is 1.82. The normalized spacial score (nSPS) is 10.0. The van der Waals surface area contributed by atoms with Crippen LogP contribution in [0.5, 0.6) is 0 Å². The smallest absolute Gasteiger partial charge is 0.255 e. The van der Waals surface area contributed by atoms with Crippen molar-refractivity contribution in [1.82, 2.24) is 10.2 Å². The predicted octanol–water partition coefficient (Wildman–Crippen LogP) is 1.80. The molecule has 18 heavy (non-hydrogen) atoms. The van der Waals surface area contributed by atoms with Crippen molar-refractivity contribution < 1.29 is 14.0 Å². The average Bonchev–Trinajstić information content (AvgIpc) is 2.31. The third kappa shape index (κ3) is 3.80. The zero-order chi connectivity index (χ0) is 13.7. The quantitative estimate of drug-likeness (QED) is 0.920. The van der Waals surface area contributed by atoms with E-state index in [4.69, 9.17) is 0 Å². The topological polar surface area (TPSA) is 49.4 Å². The Morgan fingerprint density at radius 2 is 2.11 bits per heavy atom. The van der Waals surface area contributed by atoms with E-state index in [1.807, 2.05) is 0 Å². The average molecular weight is 317 g/mol. The summed E-state index contributed by atoms with van der Waals surface area (Å²) in [7, 11) is 1.49. The van der Waals surface area contributed by atoms with Gasteiger partial charge in [-0.15, -0.1) is 0 Å². The van der Waals surface area contributed by atoms with Crippen LogP contribution >= 0.6 is 15.9 Å². The lowest BCUT2D eigenvalue weighted by Gasteiger charge is -2.17. The van der Waals surface area contributed by atoms with Gasteiger partial charge in [0.1, 0.15) is 5.82 Å². The Morgan fingerprint density at radius 1 is 1.44 bits per heavy atom. The summed E-state index contributed by atoms with van der Waals surface area (Å²) in [6.45, 7) is 2.24. The van der Waals surface area contributed by atoms with Gasteiger partial charge in [0.25, 0.3) is 5.91 Å². The molecule has 1 aromatic carbocycles. The summed E-state index contributed by atoms with van der Waals surface area (Å²) >= 11 is 3.18. The highest BCUT2D eigenvalue weighted by Gasteiger charge is 2.17. The molecule has 0 radical (unpaired) electrons. The number of halogens is 2. The molecule has 0 aromatic heterocycles. The molecule has 0 fully saturated rings. The molecule has 2 amide bonds. The second-order valence-corrected chi connectivity index (χ2v) is 4.59. The first-order valence-electron chi connectivity index (χ1n) is 5.43. The molecule has 6 heteroatoms. The second-order valence-electron chi connectivity index (χ2n) is 3.74. The van der Waals surface area contributed by atoms with Crippen LogP contribution in [0.2, 0.25) is 0 Å². The Hall–Kier alpha value is -1.43. The zero-order valence-corrected chi connectivity index (χ0v) is 11.8. The van der Waals surface area contributed by atoms with Gasteiger partial charge < -0.3 is 10.2 Å². The molecule has 0 saturated heterocycles. The van der Waals surface area contributed by atoms with Crippen molar-refractivity contribution >= 4 is 27.7 Å². The van der Waals surface area contributed by atoms with E-state index in [2.05, 4.69) is 21.2 Å². The monoisotopic (exact) mass is 316 g/mol. The molecule has 1 rings (SSSR count). The molecule has 0 unspecified atom stereocenters. The highest BCUT2D eigenvalue weighted by molar-refractivity contribution is 9.10. The third-order valence-corrected chi connectivity index (χ3v) is 2.95. The number of carbonyl (C=O) groups excluding carboxylic acids is 2. The van der Waals surface area contributed by atoms with Crippen LogP contribution in [0.4, 0.5) is 4.39 Å². The number of carbonyl (C=O) groups is 2. The second kappa shape index (κ2) is 6.49. The number of rotatable bonds is 4. The number of hydrogen-bond acceptors (Lipinski definition) is 2. The first-order chi connectivity index (χ1) is 8.45. The molecule has 0 heterocycles. The molecule has 98 valence electrons. The summed E-state index contributed by atoms with van der Waals surface area (Å²) in [5, 5.41) is 2.59. The highest BCUT2D eigenvalue weighted by Crippen LogP contribution is 2.19. The molecule has 4 nitrogen and oxygen atoms in total. The lowest BCUT2D eigenvalue weighted by molar-refractivity contribution is -0.121. The molecule has 0 aliphatic heterocycles. The molecule has 0 spiro atoms. The van der Waals surface area contributed by atoms with Gasteiger partial charge in [-0.05, 0) is 41.1 Å². The minimum Gasteiger partial charge on any atom is -0.355 e. The number of benzene rings is 1. The molecular formula is C12H14BrFN2O2. The molecule has 0 atom stereocenters. The highest BCUT2D eigenvalue weighted by atomic mass is 79.9. The van der Waals surface area contributed by atoms with E-state index >= 15 is 0 Å². The Balaban J connectivity index is 2.80. The molecule has 0 saturated carbocycles. The van der Waals surface area contributed by atoms with Gasteiger partial charge >= 0.3 is 0 Å². The van der Waals surface area contributed by atoms with E-state index in [0.29, 0.717) is 11.0 Å². The van der Waals surface area contributed by atoms with Gasteiger partial charge in [-0.1, -0.05) is 0 Å². The molecule has 1 aromatic rings. The van der Waals surface area contributed by atoms with Crippen molar-refractivity contribution in [3.63, 3.8) is 0 Å². The van der Waals surface area contributed by atoms with Crippen LogP contribution in [0.3, 0.4) is 0 Å². The first kappa shape index (κ1) is 14.6. The molecule has 0 aliphatic rings. The van der Waals surface area contributed by atoms with Crippen LogP contribution in [0.1, 0.15) is 17.3 Å². The lowest BCUT2D eigenvalue weighted by Crippen LogP contribution is -2.38. The number of amides is 2. The number of hydrogen-bond donors (Lipinski definition) is 1. The fourth-order valence-electron chi connectivity index (χ4n) is 1.41. The van der Waals surface area contributed by atoms with Gasteiger partial charge in [-0.25, -0.2) is 4.39 Å². The number of nitrogens with zero attached hydrogens (tertiary/aromatic N) is 1. The van der Waals surface area contributed by atoms with Crippen molar-refractivity contribution in [2.24, 2.45) is 0 Å². The summed E-state index contributed by atoms with van der Waals surface area (Å²) in [5.74, 6) is -1.15. The predicted molar refractivity (Wildman–Crippen MR) is 69.7 cm³/mol. The van der Waals surface area contributed by atoms with Crippen LogP contribution in [0, 0.1) is 5.82 Å². The van der Waals surface area contributed by atoms with Crippen molar-refractivity contribution in [1.29, 1.82) is 0 Å². The largest absolute Gasteiger partial charge is 0.355 e. The maximum atomic E-state index is 13.1. The first-order valence-corrected chi connectivity index (χ1v) is 6.22. The van der Waals surface area contributed by atoms with Crippen molar-refractivity contribution in [2.75, 3.05) is 20.1 Å². The van der Waals surface area contributed by atoms with E-state index in [-0.39, 0.29) is 18.0 Å². The van der Waals surface area contributed by atoms with Gasteiger partial charge in [-0.2, -0.15) is 0 Å². The van der Waals surface area contributed by atoms with E-state index in [0.717, 1.165) is 6.07 Å². The van der Waals surface area contributed by atoms with Crippen molar-refractivity contribution in [3.05, 3.63) is 34.1 Å². The summed E-state index contributed by atoms with van der Waals surface area (Å²) in [4.78, 5) is 24.6. The minimum absolute atomic E-state index is 0.0599. The van der Waals surface area contributed by atoms with Crippen LogP contribution in [0.15, 0.2) is 22.7 Å². The van der Waals surface area contributed by atoms with Gasteiger partial charge in [0, 0.05) is 18.1 Å². The maximum Gasteiger partial charge on any atom is 0.255 e. The Morgan fingerprint density at radius 3 is 2.72 bits per heavy atom. The standard InChI is InChI=1S/C12H14BrFN2O2/c1-3-15-11(17)7-16(2)12(18)9-6-8(14)4-5-10(9)13/h4-6H,3,7H2,1-2H3,(H,15,17). The van der Waals surface area contributed by atoms with E-state index in [1.54, 1.807) is 6.92 Å². The van der Waals surface area contributed by atoms with Crippen LogP contribution < -0.4 is 5.32 Å². The van der Waals surface area contributed by atoms with E-state index < -0.39 is 11.7 Å². The van der Waals surface area contributed by atoms with Crippen LogP contribution in [-0.2, 0) is 4.79 Å². The van der Waals surface area contributed by atoms with Crippen molar-refractivity contribution in [3.8, 4) is 0 Å². The number of likely N-dealkylation sites (N-methyl/N-ethyl adjacent to an activating group) is 2. The van der Waals surface area contributed by atoms with Crippen LogP contribution in [0.25, 0.3) is 0 Å². The Bertz CT molecular complexity index is 465. The van der Waals surface area contributed by atoms with Gasteiger partial charge in [0.2, 0.25) is 5.91 Å². The molecule has 1 N–H and O–H groups in total. The lowest BCUT2D eigenvalue weighted by atomic mass is 10.2. The molecular weight excluding hydrogens is 303 g/mol. The Kier molecular flexibility index (Phi) is 5.27. The summed E-state index contributed by atoms with van der Waals surface area (Å²) < 4.78 is 13.6. The third-order valence-electron chi connectivity index (χ3n) is 2.26. The SMILES string of the molecule is CCNC(=O)CN(C)C(=O)c1cc(F)ccc1Br. The summed E-state index contributed by atoms with van der Waals surface area (Å²) in [6.07, 6.45) is 0. The Labute approximate surface area is 113 Å². The van der Waals surface area contributed by atoms with Gasteiger partial charge in [0.15, 0.2) is 0 Å². The number of nitrogens with one attached hydrogen (secondary N) is 1. The van der Waals surface area contributed by atoms with Crippen LogP contribution in [-0.4, -0.2) is 36.9 Å². The van der Waals surface area contributed by atoms with Gasteiger partial charge in [-0.3, -0.25) is 9.59 Å². The summed E-state index contributed by atoms with van der Waals surface area (Å²) in [6, 6.07) is 3.85. The summed E-state index contributed by atoms with van der Waals surface area (Å²) in [5.41, 5.74) is 0.196. The van der Waals surface area contributed by atoms with E-state index in [9.17, 15) is 14.0 Å². The fraction of sp³-hybridized carbons (Fsp3) is 0.333. The van der Waals surface area contributed by atoms with E-state index in [1.165, 1.54) is 24.1 Å². The van der Waals surface area contributed by atoms with Crippen molar-refractivity contribution in [2.45, 2.75) is 6.92 Å². The molecule has 0 bridgehead atoms.